The van der Waals surface area contributed by atoms with Crippen LogP contribution in [0.1, 0.15) is 60.9 Å². The third kappa shape index (κ3) is 2.84. The van der Waals surface area contributed by atoms with E-state index in [-0.39, 0.29) is 23.8 Å². The number of halogens is 3. The number of ether oxygens (including phenoxy) is 1. The molecule has 2 N–H and O–H groups in total. The number of primary amides is 1. The molecule has 1 aromatic rings. The lowest BCUT2D eigenvalue weighted by molar-refractivity contribution is 0.0992. The van der Waals surface area contributed by atoms with Crippen molar-refractivity contribution in [2.45, 2.75) is 44.9 Å². The first-order valence-electron chi connectivity index (χ1n) is 7.11. The smallest absolute Gasteiger partial charge is 0.252 e. The minimum absolute atomic E-state index is 0.0832. The number of amides is 1. The molecule has 1 aliphatic carbocycles. The van der Waals surface area contributed by atoms with E-state index in [2.05, 4.69) is 0 Å². The van der Waals surface area contributed by atoms with E-state index in [1.54, 1.807) is 6.92 Å². The lowest BCUT2D eigenvalue weighted by Gasteiger charge is -2.26. The van der Waals surface area contributed by atoms with E-state index in [1.807, 2.05) is 0 Å². The highest BCUT2D eigenvalue weighted by atomic mass is 19.2. The fourth-order valence-corrected chi connectivity index (χ4v) is 2.96. The zero-order valence-corrected chi connectivity index (χ0v) is 11.8. The van der Waals surface area contributed by atoms with Crippen molar-refractivity contribution < 1.29 is 22.7 Å². The molecule has 0 radical (unpaired) electrons. The third-order valence-electron chi connectivity index (χ3n) is 3.87. The van der Waals surface area contributed by atoms with Crippen LogP contribution in [0, 0.1) is 17.5 Å². The van der Waals surface area contributed by atoms with Gasteiger partial charge in [0, 0.05) is 5.56 Å². The van der Waals surface area contributed by atoms with Crippen molar-refractivity contribution in [3.05, 3.63) is 28.6 Å². The third-order valence-corrected chi connectivity index (χ3v) is 3.87. The highest BCUT2D eigenvalue weighted by molar-refractivity contribution is 5.95. The Labute approximate surface area is 121 Å². The monoisotopic (exact) mass is 301 g/mol. The number of nitrogens with two attached hydrogens (primary N) is 1. The van der Waals surface area contributed by atoms with Gasteiger partial charge < -0.3 is 10.5 Å². The molecule has 3 nitrogen and oxygen atoms in total. The van der Waals surface area contributed by atoms with Crippen molar-refractivity contribution in [3.63, 3.8) is 0 Å². The Balaban J connectivity index is 2.69. The largest absolute Gasteiger partial charge is 0.490 e. The van der Waals surface area contributed by atoms with Crippen molar-refractivity contribution in [3.8, 4) is 5.75 Å². The van der Waals surface area contributed by atoms with Gasteiger partial charge in [-0.1, -0.05) is 19.3 Å². The first-order chi connectivity index (χ1) is 9.99. The molecule has 116 valence electrons. The van der Waals surface area contributed by atoms with E-state index >= 15 is 0 Å². The van der Waals surface area contributed by atoms with Crippen LogP contribution in [0.15, 0.2) is 0 Å². The SMILES string of the molecule is CCOc1c(F)c(F)c(F)c(C(N)=O)c1C1CCCCC1. The fourth-order valence-electron chi connectivity index (χ4n) is 2.96. The van der Waals surface area contributed by atoms with Crippen molar-refractivity contribution >= 4 is 5.91 Å². The zero-order chi connectivity index (χ0) is 15.6. The molecule has 6 heteroatoms. The van der Waals surface area contributed by atoms with Crippen molar-refractivity contribution in [2.24, 2.45) is 5.73 Å². The Hall–Kier alpha value is -1.72. The van der Waals surface area contributed by atoms with E-state index in [4.69, 9.17) is 10.5 Å². The van der Waals surface area contributed by atoms with Gasteiger partial charge >= 0.3 is 0 Å². The zero-order valence-electron chi connectivity index (χ0n) is 11.8. The van der Waals surface area contributed by atoms with E-state index in [9.17, 15) is 18.0 Å². The Morgan fingerprint density at radius 3 is 2.29 bits per heavy atom. The molecule has 0 heterocycles. The summed E-state index contributed by atoms with van der Waals surface area (Å²) in [6.07, 6.45) is 4.14. The summed E-state index contributed by atoms with van der Waals surface area (Å²) in [5.41, 5.74) is 4.69. The predicted molar refractivity (Wildman–Crippen MR) is 71.8 cm³/mol. The second-order valence-electron chi connectivity index (χ2n) is 5.19. The quantitative estimate of drug-likeness (QED) is 0.863. The molecule has 1 fully saturated rings. The lowest BCUT2D eigenvalue weighted by Crippen LogP contribution is -2.22. The Bertz CT molecular complexity index is 555. The van der Waals surface area contributed by atoms with Crippen molar-refractivity contribution in [2.75, 3.05) is 6.61 Å². The van der Waals surface area contributed by atoms with E-state index in [1.165, 1.54) is 0 Å². The number of carbonyl (C=O) groups is 1. The highest BCUT2D eigenvalue weighted by Crippen LogP contribution is 2.42. The normalized spacial score (nSPS) is 16.0. The van der Waals surface area contributed by atoms with Gasteiger partial charge in [-0.05, 0) is 25.7 Å². The molecule has 0 bridgehead atoms. The van der Waals surface area contributed by atoms with Gasteiger partial charge in [0.25, 0.3) is 5.91 Å². The van der Waals surface area contributed by atoms with E-state index in [0.717, 1.165) is 19.3 Å². The summed E-state index contributed by atoms with van der Waals surface area (Å²) in [7, 11) is 0. The molecular weight excluding hydrogens is 283 g/mol. The van der Waals surface area contributed by atoms with E-state index in [0.29, 0.717) is 12.8 Å². The fraction of sp³-hybridized carbons (Fsp3) is 0.533. The van der Waals surface area contributed by atoms with Gasteiger partial charge in [0.15, 0.2) is 17.4 Å². The summed E-state index contributed by atoms with van der Waals surface area (Å²) in [6.45, 7) is 1.69. The Kier molecular flexibility index (Phi) is 4.75. The summed E-state index contributed by atoms with van der Waals surface area (Å²) in [5.74, 6) is -6.35. The van der Waals surface area contributed by atoms with Crippen LogP contribution in [-0.4, -0.2) is 12.5 Å². The first kappa shape index (κ1) is 15.7. The minimum Gasteiger partial charge on any atom is -0.490 e. The topological polar surface area (TPSA) is 52.3 Å². The standard InChI is InChI=1S/C15H18F3NO2/c1-2-21-14-9(8-6-4-3-5-7-8)10(15(19)20)11(16)12(17)13(14)18/h8H,2-7H2,1H3,(H2,19,20). The molecule has 0 atom stereocenters. The summed E-state index contributed by atoms with van der Waals surface area (Å²) in [6, 6.07) is 0. The van der Waals surface area contributed by atoms with Crippen molar-refractivity contribution in [1.29, 1.82) is 0 Å². The average Bonchev–Trinajstić information content (AvgIpc) is 2.48. The maximum atomic E-state index is 14.0. The van der Waals surface area contributed by atoms with Crippen LogP contribution in [-0.2, 0) is 0 Å². The molecule has 0 unspecified atom stereocenters. The van der Waals surface area contributed by atoms with Gasteiger partial charge in [-0.25, -0.2) is 8.78 Å². The second kappa shape index (κ2) is 6.37. The van der Waals surface area contributed by atoms with Crippen LogP contribution in [0.25, 0.3) is 0 Å². The summed E-state index contributed by atoms with van der Waals surface area (Å²) >= 11 is 0. The van der Waals surface area contributed by atoms with Gasteiger partial charge in [0.05, 0.1) is 12.2 Å². The summed E-state index contributed by atoms with van der Waals surface area (Å²) in [4.78, 5) is 11.5. The molecule has 0 saturated heterocycles. The van der Waals surface area contributed by atoms with Crippen molar-refractivity contribution in [1.82, 2.24) is 0 Å². The number of hydrogen-bond acceptors (Lipinski definition) is 2. The van der Waals surface area contributed by atoms with E-state index < -0.39 is 28.9 Å². The molecule has 21 heavy (non-hydrogen) atoms. The molecule has 0 aromatic heterocycles. The molecule has 2 rings (SSSR count). The first-order valence-corrected chi connectivity index (χ1v) is 7.11. The van der Waals surface area contributed by atoms with Gasteiger partial charge in [0.2, 0.25) is 5.82 Å². The number of rotatable bonds is 4. The molecule has 1 amide bonds. The highest BCUT2D eigenvalue weighted by Gasteiger charge is 2.33. The lowest BCUT2D eigenvalue weighted by atomic mass is 9.81. The van der Waals surface area contributed by atoms with Crippen LogP contribution in [0.5, 0.6) is 5.75 Å². The molecule has 1 saturated carbocycles. The molecular formula is C15H18F3NO2. The van der Waals surface area contributed by atoms with Gasteiger partial charge in [0.1, 0.15) is 0 Å². The van der Waals surface area contributed by atoms with Crippen LogP contribution in [0.3, 0.4) is 0 Å². The number of hydrogen-bond donors (Lipinski definition) is 1. The molecule has 0 spiro atoms. The summed E-state index contributed by atoms with van der Waals surface area (Å²) < 4.78 is 46.8. The predicted octanol–water partition coefficient (Wildman–Crippen LogP) is 3.65. The molecule has 0 aliphatic heterocycles. The molecule has 1 aromatic carbocycles. The van der Waals surface area contributed by atoms with Crippen LogP contribution in [0.2, 0.25) is 0 Å². The van der Waals surface area contributed by atoms with Crippen LogP contribution < -0.4 is 10.5 Å². The second-order valence-corrected chi connectivity index (χ2v) is 5.19. The summed E-state index contributed by atoms with van der Waals surface area (Å²) in [5, 5.41) is 0. The van der Waals surface area contributed by atoms with Gasteiger partial charge in [-0.2, -0.15) is 4.39 Å². The number of carbonyl (C=O) groups excluding carboxylic acids is 1. The minimum atomic E-state index is -1.72. The van der Waals surface area contributed by atoms with Gasteiger partial charge in [-0.3, -0.25) is 4.79 Å². The Morgan fingerprint density at radius 2 is 1.76 bits per heavy atom. The maximum Gasteiger partial charge on any atom is 0.252 e. The Morgan fingerprint density at radius 1 is 1.14 bits per heavy atom. The average molecular weight is 301 g/mol. The number of benzene rings is 1. The van der Waals surface area contributed by atoms with Crippen LogP contribution >= 0.6 is 0 Å². The maximum absolute atomic E-state index is 14.0. The van der Waals surface area contributed by atoms with Gasteiger partial charge in [-0.15, -0.1) is 0 Å². The molecule has 1 aliphatic rings. The van der Waals surface area contributed by atoms with Crippen LogP contribution in [0.4, 0.5) is 13.2 Å².